The molecule has 0 aromatic heterocycles. The van der Waals surface area contributed by atoms with E-state index in [9.17, 15) is 14.7 Å². The first-order valence-corrected chi connectivity index (χ1v) is 11.1. The van der Waals surface area contributed by atoms with Gasteiger partial charge in [-0.3, -0.25) is 9.59 Å². The molecular weight excluding hydrogens is 344 g/mol. The Hall–Kier alpha value is -1.10. The zero-order valence-corrected chi connectivity index (χ0v) is 17.4. The van der Waals surface area contributed by atoms with Gasteiger partial charge in [0, 0.05) is 0 Å². The lowest BCUT2D eigenvalue weighted by molar-refractivity contribution is -0.149. The van der Waals surface area contributed by atoms with Gasteiger partial charge in [0.15, 0.2) is 0 Å². The molecule has 0 spiro atoms. The maximum absolute atomic E-state index is 10.8. The van der Waals surface area contributed by atoms with Crippen LogP contribution < -0.4 is 0 Å². The summed E-state index contributed by atoms with van der Waals surface area (Å²) < 4.78 is 0. The van der Waals surface area contributed by atoms with E-state index in [1.165, 1.54) is 70.6 Å². The molecule has 5 heteroatoms. The number of aliphatic hydroxyl groups is 1. The monoisotopic (exact) mass is 386 g/mol. The standard InChI is InChI=1S/C22H42O5/c1-2-3-4-5-6-7-8-9-10-11-12-13-14-15-16-17-22(27,18-20(23)24)19-21(25)26/h27H,2-19H2,1H3,(H,23,24)(H,25,26). The third-order valence-corrected chi connectivity index (χ3v) is 5.21. The topological polar surface area (TPSA) is 94.8 Å². The van der Waals surface area contributed by atoms with Crippen molar-refractivity contribution >= 4 is 11.9 Å². The number of hydrogen-bond acceptors (Lipinski definition) is 3. The van der Waals surface area contributed by atoms with E-state index in [1.54, 1.807) is 0 Å². The Morgan fingerprint density at radius 3 is 1.19 bits per heavy atom. The largest absolute Gasteiger partial charge is 0.481 e. The highest BCUT2D eigenvalue weighted by molar-refractivity contribution is 5.72. The van der Waals surface area contributed by atoms with Crippen LogP contribution in [0.1, 0.15) is 122 Å². The number of unbranched alkanes of at least 4 members (excludes halogenated alkanes) is 14. The lowest BCUT2D eigenvalue weighted by Gasteiger charge is -2.24. The van der Waals surface area contributed by atoms with Crippen molar-refractivity contribution in [2.75, 3.05) is 0 Å². The number of aliphatic carboxylic acids is 2. The maximum atomic E-state index is 10.8. The molecular formula is C22H42O5. The quantitative estimate of drug-likeness (QED) is 0.225. The molecule has 0 aliphatic carbocycles. The summed E-state index contributed by atoms with van der Waals surface area (Å²) in [4.78, 5) is 21.6. The molecule has 0 aromatic rings. The first-order valence-electron chi connectivity index (χ1n) is 11.1. The van der Waals surface area contributed by atoms with Crippen LogP contribution in [0.15, 0.2) is 0 Å². The molecule has 0 aliphatic heterocycles. The molecule has 0 heterocycles. The van der Waals surface area contributed by atoms with E-state index in [0.29, 0.717) is 6.42 Å². The second-order valence-electron chi connectivity index (χ2n) is 8.07. The van der Waals surface area contributed by atoms with Gasteiger partial charge in [0.25, 0.3) is 0 Å². The van der Waals surface area contributed by atoms with Crippen LogP contribution in [0.5, 0.6) is 0 Å². The number of carboxylic acid groups (broad SMARTS) is 2. The van der Waals surface area contributed by atoms with Crippen molar-refractivity contribution in [2.45, 2.75) is 128 Å². The SMILES string of the molecule is CCCCCCCCCCCCCCCCCC(O)(CC(=O)O)CC(=O)O. The minimum Gasteiger partial charge on any atom is -0.481 e. The van der Waals surface area contributed by atoms with E-state index in [4.69, 9.17) is 10.2 Å². The first-order chi connectivity index (χ1) is 12.9. The fraction of sp³-hybridized carbons (Fsp3) is 0.909. The molecule has 0 amide bonds. The van der Waals surface area contributed by atoms with Gasteiger partial charge < -0.3 is 15.3 Å². The van der Waals surface area contributed by atoms with Crippen molar-refractivity contribution in [3.63, 3.8) is 0 Å². The molecule has 0 rings (SSSR count). The van der Waals surface area contributed by atoms with Gasteiger partial charge in [-0.1, -0.05) is 103 Å². The molecule has 5 nitrogen and oxygen atoms in total. The van der Waals surface area contributed by atoms with Gasteiger partial charge in [0.1, 0.15) is 0 Å². The van der Waals surface area contributed by atoms with E-state index >= 15 is 0 Å². The van der Waals surface area contributed by atoms with Gasteiger partial charge in [-0.25, -0.2) is 0 Å². The van der Waals surface area contributed by atoms with Gasteiger partial charge in [-0.05, 0) is 6.42 Å². The van der Waals surface area contributed by atoms with Gasteiger partial charge in [-0.15, -0.1) is 0 Å². The Bertz CT molecular complexity index is 365. The van der Waals surface area contributed by atoms with E-state index in [-0.39, 0.29) is 6.42 Å². The summed E-state index contributed by atoms with van der Waals surface area (Å²) >= 11 is 0. The summed E-state index contributed by atoms with van der Waals surface area (Å²) in [6.07, 6.45) is 17.8. The average Bonchev–Trinajstić information content (AvgIpc) is 2.56. The van der Waals surface area contributed by atoms with Crippen LogP contribution in [-0.2, 0) is 9.59 Å². The molecule has 0 unspecified atom stereocenters. The molecule has 0 saturated heterocycles. The van der Waals surface area contributed by atoms with E-state index in [2.05, 4.69) is 6.92 Å². The molecule has 160 valence electrons. The van der Waals surface area contributed by atoms with Crippen molar-refractivity contribution in [1.82, 2.24) is 0 Å². The summed E-state index contributed by atoms with van der Waals surface area (Å²) in [5, 5.41) is 27.9. The van der Waals surface area contributed by atoms with Crippen molar-refractivity contribution in [3.8, 4) is 0 Å². The van der Waals surface area contributed by atoms with Gasteiger partial charge in [-0.2, -0.15) is 0 Å². The number of hydrogen-bond donors (Lipinski definition) is 3. The lowest BCUT2D eigenvalue weighted by atomic mass is 9.89. The lowest BCUT2D eigenvalue weighted by Crippen LogP contribution is -2.34. The third kappa shape index (κ3) is 18.0. The summed E-state index contributed by atoms with van der Waals surface area (Å²) in [7, 11) is 0. The average molecular weight is 387 g/mol. The van der Waals surface area contributed by atoms with Crippen LogP contribution in [0.25, 0.3) is 0 Å². The van der Waals surface area contributed by atoms with Crippen LogP contribution >= 0.6 is 0 Å². The minimum atomic E-state index is -1.62. The number of carboxylic acids is 2. The molecule has 3 N–H and O–H groups in total. The Labute approximate surface area is 165 Å². The van der Waals surface area contributed by atoms with Crippen LogP contribution in [0.3, 0.4) is 0 Å². The highest BCUT2D eigenvalue weighted by Crippen LogP contribution is 2.24. The highest BCUT2D eigenvalue weighted by Gasteiger charge is 2.32. The smallest absolute Gasteiger partial charge is 0.306 e. The maximum Gasteiger partial charge on any atom is 0.306 e. The van der Waals surface area contributed by atoms with E-state index in [0.717, 1.165) is 19.3 Å². The summed E-state index contributed by atoms with van der Waals surface area (Å²) in [6.45, 7) is 2.25. The van der Waals surface area contributed by atoms with Gasteiger partial charge in [0.2, 0.25) is 0 Å². The zero-order valence-electron chi connectivity index (χ0n) is 17.4. The Kier molecular flexibility index (Phi) is 16.3. The van der Waals surface area contributed by atoms with Crippen molar-refractivity contribution < 1.29 is 24.9 Å². The fourth-order valence-electron chi connectivity index (χ4n) is 3.63. The summed E-state index contributed by atoms with van der Waals surface area (Å²) in [5.74, 6) is -2.31. The second kappa shape index (κ2) is 17.0. The summed E-state index contributed by atoms with van der Waals surface area (Å²) in [6, 6.07) is 0. The molecule has 0 saturated carbocycles. The van der Waals surface area contributed by atoms with E-state index < -0.39 is 30.4 Å². The van der Waals surface area contributed by atoms with E-state index in [1.807, 2.05) is 0 Å². The predicted molar refractivity (Wildman–Crippen MR) is 109 cm³/mol. The Balaban J connectivity index is 3.50. The predicted octanol–water partition coefficient (Wildman–Crippen LogP) is 5.93. The third-order valence-electron chi connectivity index (χ3n) is 5.21. The molecule has 0 atom stereocenters. The van der Waals surface area contributed by atoms with Crippen LogP contribution in [0.2, 0.25) is 0 Å². The minimum absolute atomic E-state index is 0.240. The fourth-order valence-corrected chi connectivity index (χ4v) is 3.63. The molecule has 27 heavy (non-hydrogen) atoms. The molecule has 0 radical (unpaired) electrons. The molecule has 0 bridgehead atoms. The van der Waals surface area contributed by atoms with Gasteiger partial charge >= 0.3 is 11.9 Å². The molecule has 0 aliphatic rings. The normalized spacial score (nSPS) is 11.6. The molecule has 0 fully saturated rings. The zero-order chi connectivity index (χ0) is 20.4. The van der Waals surface area contributed by atoms with Crippen molar-refractivity contribution in [2.24, 2.45) is 0 Å². The van der Waals surface area contributed by atoms with Crippen LogP contribution in [0, 0.1) is 0 Å². The van der Waals surface area contributed by atoms with Crippen molar-refractivity contribution in [3.05, 3.63) is 0 Å². The summed E-state index contributed by atoms with van der Waals surface area (Å²) in [5.41, 5.74) is -1.62. The second-order valence-corrected chi connectivity index (χ2v) is 8.07. The van der Waals surface area contributed by atoms with Gasteiger partial charge in [0.05, 0.1) is 18.4 Å². The number of rotatable bonds is 20. The highest BCUT2D eigenvalue weighted by atomic mass is 16.4. The van der Waals surface area contributed by atoms with Crippen LogP contribution in [0.4, 0.5) is 0 Å². The van der Waals surface area contributed by atoms with Crippen LogP contribution in [-0.4, -0.2) is 32.9 Å². The number of carbonyl (C=O) groups is 2. The Morgan fingerprint density at radius 1 is 0.593 bits per heavy atom. The Morgan fingerprint density at radius 2 is 0.889 bits per heavy atom. The van der Waals surface area contributed by atoms with Crippen molar-refractivity contribution in [1.29, 1.82) is 0 Å². The molecule has 0 aromatic carbocycles. The first kappa shape index (κ1) is 25.9.